The van der Waals surface area contributed by atoms with E-state index in [-0.39, 0.29) is 43.1 Å². The van der Waals surface area contributed by atoms with Gasteiger partial charge in [-0.2, -0.15) is 0 Å². The van der Waals surface area contributed by atoms with Crippen molar-refractivity contribution in [3.63, 3.8) is 0 Å². The molecule has 0 unspecified atom stereocenters. The molecule has 0 heterocycles. The number of aliphatic hydroxyl groups is 2. The summed E-state index contributed by atoms with van der Waals surface area (Å²) in [6, 6.07) is 0. The first-order valence-electron chi connectivity index (χ1n) is 13.2. The molecule has 2 saturated carbocycles. The molecule has 2 fully saturated rings. The Morgan fingerprint density at radius 2 is 1.89 bits per heavy atom. The SMILES string of the molecule is CCOP(=O)(COCC(=O)[C@@]1(O)CC[C@H]2[C@@H]3CC(C)=C4CC(=O)C=C[C@]4(C)[C@H]3[C@@H](O)C[C@@]21C)OCC. The van der Waals surface area contributed by atoms with E-state index in [1.165, 1.54) is 5.57 Å². The molecule has 9 heteroatoms. The van der Waals surface area contributed by atoms with Gasteiger partial charge < -0.3 is 24.0 Å². The third-order valence-corrected chi connectivity index (χ3v) is 11.4. The van der Waals surface area contributed by atoms with E-state index in [0.29, 0.717) is 25.7 Å². The second-order valence-corrected chi connectivity index (χ2v) is 13.4. The van der Waals surface area contributed by atoms with E-state index >= 15 is 0 Å². The first-order chi connectivity index (χ1) is 16.8. The number of ether oxygens (including phenoxy) is 1. The molecule has 0 amide bonds. The maximum atomic E-state index is 13.4. The minimum atomic E-state index is -3.47. The topological polar surface area (TPSA) is 119 Å². The van der Waals surface area contributed by atoms with Gasteiger partial charge in [0.05, 0.1) is 19.3 Å². The number of aliphatic hydroxyl groups excluding tert-OH is 1. The lowest BCUT2D eigenvalue weighted by Crippen LogP contribution is -2.61. The van der Waals surface area contributed by atoms with Gasteiger partial charge in [0.25, 0.3) is 0 Å². The van der Waals surface area contributed by atoms with E-state index in [2.05, 4.69) is 13.8 Å². The molecular weight excluding hydrogens is 483 g/mol. The summed E-state index contributed by atoms with van der Waals surface area (Å²) in [4.78, 5) is 25.6. The Morgan fingerprint density at radius 3 is 2.53 bits per heavy atom. The number of hydrogen-bond donors (Lipinski definition) is 2. The fourth-order valence-corrected chi connectivity index (χ4v) is 9.34. The molecular formula is C27H41O8P. The highest BCUT2D eigenvalue weighted by Gasteiger charge is 2.68. The van der Waals surface area contributed by atoms with E-state index < -0.39 is 42.5 Å². The zero-order valence-electron chi connectivity index (χ0n) is 22.1. The zero-order chi connectivity index (χ0) is 26.5. The Bertz CT molecular complexity index is 1010. The number of carbonyl (C=O) groups excluding carboxylic acids is 2. The number of allylic oxidation sites excluding steroid dienone is 4. The average molecular weight is 525 g/mol. The minimum absolute atomic E-state index is 0.0390. The van der Waals surface area contributed by atoms with Gasteiger partial charge in [0, 0.05) is 23.2 Å². The molecule has 0 aromatic heterocycles. The number of ketones is 2. The molecule has 4 aliphatic rings. The predicted octanol–water partition coefficient (Wildman–Crippen LogP) is 4.20. The Morgan fingerprint density at radius 1 is 1.22 bits per heavy atom. The lowest BCUT2D eigenvalue weighted by atomic mass is 9.46. The van der Waals surface area contributed by atoms with Crippen LogP contribution in [0.1, 0.15) is 66.7 Å². The highest BCUT2D eigenvalue weighted by atomic mass is 31.2. The molecule has 8 nitrogen and oxygen atoms in total. The summed E-state index contributed by atoms with van der Waals surface area (Å²) in [6.07, 6.45) is 4.93. The fraction of sp³-hybridized carbons (Fsp3) is 0.778. The van der Waals surface area contributed by atoms with Gasteiger partial charge >= 0.3 is 7.60 Å². The summed E-state index contributed by atoms with van der Waals surface area (Å²) in [7, 11) is -3.47. The van der Waals surface area contributed by atoms with Crippen LogP contribution in [0, 0.1) is 28.6 Å². The van der Waals surface area contributed by atoms with E-state index in [1.807, 2.05) is 13.0 Å². The molecule has 4 aliphatic carbocycles. The largest absolute Gasteiger partial charge is 0.393 e. The van der Waals surface area contributed by atoms with E-state index in [4.69, 9.17) is 13.8 Å². The molecule has 0 aromatic carbocycles. The fourth-order valence-electron chi connectivity index (χ4n) is 8.02. The molecule has 0 spiro atoms. The third kappa shape index (κ3) is 4.32. The van der Waals surface area contributed by atoms with Crippen molar-refractivity contribution in [2.24, 2.45) is 28.6 Å². The number of carbonyl (C=O) groups is 2. The second kappa shape index (κ2) is 9.87. The van der Waals surface area contributed by atoms with Crippen LogP contribution in [0.5, 0.6) is 0 Å². The van der Waals surface area contributed by atoms with Crippen LogP contribution in [0.2, 0.25) is 0 Å². The number of fused-ring (bicyclic) bond motifs is 5. The minimum Gasteiger partial charge on any atom is -0.393 e. The summed E-state index contributed by atoms with van der Waals surface area (Å²) >= 11 is 0. The summed E-state index contributed by atoms with van der Waals surface area (Å²) < 4.78 is 28.6. The first kappa shape index (κ1) is 27.9. The molecule has 7 atom stereocenters. The molecule has 4 rings (SSSR count). The van der Waals surface area contributed by atoms with Gasteiger partial charge in [-0.1, -0.05) is 31.1 Å². The number of Topliss-reactive ketones (excluding diaryl/α,β-unsaturated/α-hetero) is 1. The lowest BCUT2D eigenvalue weighted by Gasteiger charge is -2.59. The average Bonchev–Trinajstić information content (AvgIpc) is 3.06. The smallest absolute Gasteiger partial charge is 0.356 e. The molecule has 2 N–H and O–H groups in total. The van der Waals surface area contributed by atoms with E-state index in [0.717, 1.165) is 12.0 Å². The van der Waals surface area contributed by atoms with Crippen LogP contribution in [0.3, 0.4) is 0 Å². The van der Waals surface area contributed by atoms with E-state index in [1.54, 1.807) is 19.9 Å². The maximum absolute atomic E-state index is 13.4. The van der Waals surface area contributed by atoms with Gasteiger partial charge in [-0.05, 0) is 64.4 Å². The van der Waals surface area contributed by atoms with Crippen LogP contribution in [-0.2, 0) is 27.9 Å². The molecule has 0 aliphatic heterocycles. The molecule has 36 heavy (non-hydrogen) atoms. The number of hydrogen-bond acceptors (Lipinski definition) is 8. The van der Waals surface area contributed by atoms with Crippen molar-refractivity contribution >= 4 is 19.2 Å². The predicted molar refractivity (Wildman–Crippen MR) is 134 cm³/mol. The van der Waals surface area contributed by atoms with Crippen LogP contribution in [0.15, 0.2) is 23.3 Å². The summed E-state index contributed by atoms with van der Waals surface area (Å²) in [5.74, 6) is -0.317. The summed E-state index contributed by atoms with van der Waals surface area (Å²) in [6.45, 7) is 9.49. The van der Waals surface area contributed by atoms with Crippen molar-refractivity contribution in [2.75, 3.05) is 26.2 Å². The highest BCUT2D eigenvalue weighted by molar-refractivity contribution is 7.53. The van der Waals surface area contributed by atoms with Gasteiger partial charge in [-0.25, -0.2) is 0 Å². The van der Waals surface area contributed by atoms with Gasteiger partial charge in [-0.15, -0.1) is 0 Å². The van der Waals surface area contributed by atoms with Gasteiger partial charge in [0.1, 0.15) is 18.6 Å². The Balaban J connectivity index is 1.55. The molecule has 202 valence electrons. The van der Waals surface area contributed by atoms with Gasteiger partial charge in [0.15, 0.2) is 11.6 Å². The third-order valence-electron chi connectivity index (χ3n) is 9.57. The maximum Gasteiger partial charge on any atom is 0.356 e. The zero-order valence-corrected chi connectivity index (χ0v) is 23.0. The van der Waals surface area contributed by atoms with Crippen molar-refractivity contribution < 1.29 is 38.2 Å². The van der Waals surface area contributed by atoms with Crippen molar-refractivity contribution in [1.82, 2.24) is 0 Å². The van der Waals surface area contributed by atoms with Crippen LogP contribution in [0.4, 0.5) is 0 Å². The van der Waals surface area contributed by atoms with Crippen molar-refractivity contribution in [3.05, 3.63) is 23.3 Å². The molecule has 0 radical (unpaired) electrons. The van der Waals surface area contributed by atoms with Crippen molar-refractivity contribution in [3.8, 4) is 0 Å². The Hall–Kier alpha value is -1.15. The van der Waals surface area contributed by atoms with E-state index in [9.17, 15) is 24.4 Å². The molecule has 0 aromatic rings. The normalized spacial score (nSPS) is 40.1. The standard InChI is InChI=1S/C27H41O8P/c1-6-34-36(32,35-7-2)16-33-15-23(30)27(31)11-9-20-19-12-17(3)21-13-18(28)8-10-25(21,4)24(19)22(29)14-26(20,27)5/h8,10,19-20,22,24,29,31H,6-7,9,11-16H2,1-5H3/t19-,20-,22-,24+,25-,26-,27-/m0/s1. The summed E-state index contributed by atoms with van der Waals surface area (Å²) in [5.41, 5.74) is -0.581. The molecule has 0 saturated heterocycles. The summed E-state index contributed by atoms with van der Waals surface area (Å²) in [5, 5.41) is 23.3. The van der Waals surface area contributed by atoms with Crippen LogP contribution in [-0.4, -0.2) is 59.7 Å². The monoisotopic (exact) mass is 524 g/mol. The quantitative estimate of drug-likeness (QED) is 0.340. The second-order valence-electron chi connectivity index (χ2n) is 11.5. The van der Waals surface area contributed by atoms with Gasteiger partial charge in [-0.3, -0.25) is 14.2 Å². The Labute approximate surface area is 214 Å². The van der Waals surface area contributed by atoms with Crippen LogP contribution in [0.25, 0.3) is 0 Å². The van der Waals surface area contributed by atoms with Gasteiger partial charge in [0.2, 0.25) is 0 Å². The first-order valence-corrected chi connectivity index (χ1v) is 14.9. The Kier molecular flexibility index (Phi) is 7.64. The van der Waals surface area contributed by atoms with Crippen molar-refractivity contribution in [1.29, 1.82) is 0 Å². The number of rotatable bonds is 9. The van der Waals surface area contributed by atoms with Crippen LogP contribution < -0.4 is 0 Å². The van der Waals surface area contributed by atoms with Crippen LogP contribution >= 0.6 is 7.60 Å². The molecule has 0 bridgehead atoms. The lowest BCUT2D eigenvalue weighted by molar-refractivity contribution is -0.177. The van der Waals surface area contributed by atoms with Crippen molar-refractivity contribution in [2.45, 2.75) is 78.4 Å². The highest BCUT2D eigenvalue weighted by Crippen LogP contribution is 2.67.